The van der Waals surface area contributed by atoms with Crippen molar-refractivity contribution in [3.8, 4) is 0 Å². The number of halogens is 1. The lowest BCUT2D eigenvalue weighted by molar-refractivity contribution is 0.545. The fourth-order valence-electron chi connectivity index (χ4n) is 2.03. The van der Waals surface area contributed by atoms with Crippen molar-refractivity contribution < 1.29 is 12.8 Å². The molecule has 0 heterocycles. The molecule has 0 aliphatic heterocycles. The summed E-state index contributed by atoms with van der Waals surface area (Å²) in [4.78, 5) is 0. The lowest BCUT2D eigenvalue weighted by atomic mass is 10.0. The van der Waals surface area contributed by atoms with E-state index in [0.717, 1.165) is 29.4 Å². The largest absolute Gasteiger partial charge is 0.233 e. The van der Waals surface area contributed by atoms with Gasteiger partial charge in [0.25, 0.3) is 0 Å². The zero-order valence-electron chi connectivity index (χ0n) is 10.2. The molecule has 1 aliphatic rings. The van der Waals surface area contributed by atoms with Gasteiger partial charge in [0.1, 0.15) is 5.82 Å². The van der Waals surface area contributed by atoms with Gasteiger partial charge in [-0.15, -0.1) is 0 Å². The molecule has 1 fully saturated rings. The summed E-state index contributed by atoms with van der Waals surface area (Å²) in [6.07, 6.45) is 2.19. The lowest BCUT2D eigenvalue weighted by Gasteiger charge is -2.17. The van der Waals surface area contributed by atoms with Gasteiger partial charge in [-0.2, -0.15) is 0 Å². The average molecular weight is 269 g/mol. The van der Waals surface area contributed by atoms with Gasteiger partial charge in [0.2, 0.25) is 10.0 Å². The van der Waals surface area contributed by atoms with Crippen molar-refractivity contribution in [2.45, 2.75) is 31.7 Å². The molecule has 1 N–H and O–H groups in total. The Morgan fingerprint density at radius 3 is 2.67 bits per heavy atom. The van der Waals surface area contributed by atoms with Crippen LogP contribution in [-0.2, 0) is 16.4 Å². The second-order valence-corrected chi connectivity index (χ2v) is 6.47. The van der Waals surface area contributed by atoms with Crippen LogP contribution in [0.1, 0.15) is 24.0 Å². The maximum Gasteiger partial charge on any atom is 0.233 e. The Morgan fingerprint density at radius 2 is 2.17 bits per heavy atom. The van der Waals surface area contributed by atoms with Crippen molar-refractivity contribution in [2.75, 3.05) is 0 Å². The summed E-state index contributed by atoms with van der Waals surface area (Å²) >= 11 is 0. The predicted molar refractivity (Wildman–Crippen MR) is 69.1 cm³/mol. The highest BCUT2D eigenvalue weighted by molar-refractivity contribution is 7.92. The fraction of sp³-hybridized carbons (Fsp3) is 0.385. The van der Waals surface area contributed by atoms with Gasteiger partial charge in [0, 0.05) is 10.9 Å². The molecule has 0 saturated heterocycles. The number of sulfonamides is 1. The molecular weight excluding hydrogens is 253 g/mol. The van der Waals surface area contributed by atoms with Crippen molar-refractivity contribution >= 4 is 10.0 Å². The van der Waals surface area contributed by atoms with Gasteiger partial charge in [-0.25, -0.2) is 17.5 Å². The van der Waals surface area contributed by atoms with Gasteiger partial charge in [-0.3, -0.25) is 0 Å². The predicted octanol–water partition coefficient (Wildman–Crippen LogP) is 2.27. The van der Waals surface area contributed by atoms with Gasteiger partial charge in [-0.05, 0) is 49.4 Å². The van der Waals surface area contributed by atoms with Crippen LogP contribution in [0, 0.1) is 12.7 Å². The van der Waals surface area contributed by atoms with Crippen molar-refractivity contribution in [3.05, 3.63) is 47.1 Å². The average Bonchev–Trinajstić information content (AvgIpc) is 3.02. The third kappa shape index (κ3) is 2.97. The Morgan fingerprint density at radius 1 is 1.50 bits per heavy atom. The number of hydrogen-bond donors (Lipinski definition) is 1. The monoisotopic (exact) mass is 269 g/mol. The van der Waals surface area contributed by atoms with Crippen molar-refractivity contribution in [1.82, 2.24) is 4.72 Å². The van der Waals surface area contributed by atoms with Crippen molar-refractivity contribution in [3.63, 3.8) is 0 Å². The van der Waals surface area contributed by atoms with Crippen LogP contribution in [0.4, 0.5) is 4.39 Å². The number of hydrogen-bond acceptors (Lipinski definition) is 2. The highest BCUT2D eigenvalue weighted by atomic mass is 32.2. The van der Waals surface area contributed by atoms with E-state index in [1.807, 2.05) is 6.92 Å². The summed E-state index contributed by atoms with van der Waals surface area (Å²) < 4.78 is 38.6. The zero-order chi connectivity index (χ0) is 13.4. The first-order valence-electron chi connectivity index (χ1n) is 5.77. The molecule has 18 heavy (non-hydrogen) atoms. The fourth-order valence-corrected chi connectivity index (χ4v) is 2.99. The quantitative estimate of drug-likeness (QED) is 0.891. The van der Waals surface area contributed by atoms with E-state index in [1.54, 1.807) is 6.07 Å². The van der Waals surface area contributed by atoms with Gasteiger partial charge in [0.05, 0.1) is 0 Å². The van der Waals surface area contributed by atoms with Crippen molar-refractivity contribution in [1.29, 1.82) is 0 Å². The third-order valence-corrected chi connectivity index (χ3v) is 4.42. The van der Waals surface area contributed by atoms with E-state index in [4.69, 9.17) is 0 Å². The van der Waals surface area contributed by atoms with Gasteiger partial charge in [-0.1, -0.05) is 12.6 Å². The molecule has 1 saturated carbocycles. The molecule has 98 valence electrons. The summed E-state index contributed by atoms with van der Waals surface area (Å²) in [6, 6.07) is 4.58. The number of aryl methyl sites for hydroxylation is 1. The minimum absolute atomic E-state index is 0.271. The summed E-state index contributed by atoms with van der Waals surface area (Å²) in [7, 11) is -3.42. The molecule has 0 spiro atoms. The van der Waals surface area contributed by atoms with E-state index in [2.05, 4.69) is 11.3 Å². The van der Waals surface area contributed by atoms with E-state index in [1.165, 1.54) is 12.1 Å². The first-order valence-corrected chi connectivity index (χ1v) is 7.32. The van der Waals surface area contributed by atoms with Crippen LogP contribution in [0.25, 0.3) is 0 Å². The standard InChI is InChI=1S/C13H16FNO2S/c1-3-18(16,17)15-13(6-7-13)9-11-4-5-12(14)8-10(11)2/h3-5,8,15H,1,6-7,9H2,2H3. The maximum atomic E-state index is 13.0. The molecule has 5 heteroatoms. The van der Waals surface area contributed by atoms with Crippen LogP contribution in [0.15, 0.2) is 30.2 Å². The molecule has 0 atom stereocenters. The molecule has 0 radical (unpaired) electrons. The van der Waals surface area contributed by atoms with E-state index >= 15 is 0 Å². The minimum Gasteiger partial charge on any atom is -0.208 e. The Balaban J connectivity index is 2.16. The molecule has 2 rings (SSSR count). The molecule has 3 nitrogen and oxygen atoms in total. The van der Waals surface area contributed by atoms with E-state index in [0.29, 0.717) is 6.42 Å². The van der Waals surface area contributed by atoms with Gasteiger partial charge in [0.15, 0.2) is 0 Å². The Hall–Kier alpha value is -1.20. The van der Waals surface area contributed by atoms with Crippen LogP contribution < -0.4 is 4.72 Å². The summed E-state index contributed by atoms with van der Waals surface area (Å²) in [5, 5.41) is 0.921. The second kappa shape index (κ2) is 4.48. The third-order valence-electron chi connectivity index (χ3n) is 3.27. The number of rotatable bonds is 5. The van der Waals surface area contributed by atoms with E-state index < -0.39 is 15.6 Å². The maximum absolute atomic E-state index is 13.0. The molecule has 1 aromatic carbocycles. The van der Waals surface area contributed by atoms with E-state index in [-0.39, 0.29) is 5.82 Å². The summed E-state index contributed by atoms with van der Waals surface area (Å²) in [5.41, 5.74) is 1.41. The van der Waals surface area contributed by atoms with Gasteiger partial charge >= 0.3 is 0 Å². The first kappa shape index (κ1) is 13.2. The Labute approximate surface area is 107 Å². The Bertz CT molecular complexity index is 577. The highest BCUT2D eigenvalue weighted by Crippen LogP contribution is 2.40. The molecule has 0 amide bonds. The van der Waals surface area contributed by atoms with Crippen LogP contribution in [0.2, 0.25) is 0 Å². The van der Waals surface area contributed by atoms with Crippen LogP contribution >= 0.6 is 0 Å². The van der Waals surface area contributed by atoms with Crippen LogP contribution in [-0.4, -0.2) is 14.0 Å². The first-order chi connectivity index (χ1) is 8.36. The van der Waals surface area contributed by atoms with E-state index in [9.17, 15) is 12.8 Å². The zero-order valence-corrected chi connectivity index (χ0v) is 11.1. The SMILES string of the molecule is C=CS(=O)(=O)NC1(Cc2ccc(F)cc2C)CC1. The van der Waals surface area contributed by atoms with Crippen LogP contribution in [0.3, 0.4) is 0 Å². The molecular formula is C13H16FNO2S. The molecule has 0 aromatic heterocycles. The lowest BCUT2D eigenvalue weighted by Crippen LogP contribution is -2.37. The molecule has 0 bridgehead atoms. The van der Waals surface area contributed by atoms with Gasteiger partial charge < -0.3 is 0 Å². The smallest absolute Gasteiger partial charge is 0.208 e. The minimum atomic E-state index is -3.42. The molecule has 0 unspecified atom stereocenters. The molecule has 1 aliphatic carbocycles. The Kier molecular flexibility index (Phi) is 3.29. The summed E-state index contributed by atoms with van der Waals surface area (Å²) in [6.45, 7) is 5.11. The second-order valence-electron chi connectivity index (χ2n) is 4.84. The highest BCUT2D eigenvalue weighted by Gasteiger charge is 2.45. The van der Waals surface area contributed by atoms with Crippen LogP contribution in [0.5, 0.6) is 0 Å². The molecule has 1 aromatic rings. The number of benzene rings is 1. The topological polar surface area (TPSA) is 46.2 Å². The summed E-state index contributed by atoms with van der Waals surface area (Å²) in [5.74, 6) is -0.271. The normalized spacial score (nSPS) is 17.4. The number of nitrogens with one attached hydrogen (secondary N) is 1. The van der Waals surface area contributed by atoms with Crippen molar-refractivity contribution in [2.24, 2.45) is 0 Å².